The zero-order valence-corrected chi connectivity index (χ0v) is 10.6. The molecular weight excluding hydrogens is 212 g/mol. The van der Waals surface area contributed by atoms with Crippen LogP contribution in [0.3, 0.4) is 0 Å². The van der Waals surface area contributed by atoms with Crippen molar-refractivity contribution in [3.8, 4) is 0 Å². The van der Waals surface area contributed by atoms with Crippen LogP contribution in [0.5, 0.6) is 0 Å². The van der Waals surface area contributed by atoms with Crippen molar-refractivity contribution >= 4 is 5.82 Å². The highest BCUT2D eigenvalue weighted by molar-refractivity contribution is 5.28. The van der Waals surface area contributed by atoms with E-state index in [4.69, 9.17) is 10.5 Å². The lowest BCUT2D eigenvalue weighted by molar-refractivity contribution is -0.0222. The highest BCUT2D eigenvalue weighted by Gasteiger charge is 2.24. The number of anilines is 1. The predicted molar refractivity (Wildman–Crippen MR) is 69.5 cm³/mol. The van der Waals surface area contributed by atoms with Crippen LogP contribution >= 0.6 is 0 Å². The third-order valence-corrected chi connectivity index (χ3v) is 3.68. The molecule has 0 amide bonds. The van der Waals surface area contributed by atoms with Gasteiger partial charge in [0.05, 0.1) is 12.7 Å². The van der Waals surface area contributed by atoms with E-state index in [-0.39, 0.29) is 0 Å². The number of nitrogens with zero attached hydrogens (tertiary/aromatic N) is 1. The second-order valence-electron chi connectivity index (χ2n) is 4.89. The summed E-state index contributed by atoms with van der Waals surface area (Å²) in [6, 6.07) is 3.82. The van der Waals surface area contributed by atoms with Gasteiger partial charge >= 0.3 is 0 Å². The molecule has 2 rings (SSSR count). The average Bonchev–Trinajstić information content (AvgIpc) is 2.38. The van der Waals surface area contributed by atoms with Gasteiger partial charge in [-0.2, -0.15) is 0 Å². The number of aromatic nitrogens is 1. The molecule has 1 heterocycles. The van der Waals surface area contributed by atoms with Gasteiger partial charge in [-0.05, 0) is 30.4 Å². The van der Waals surface area contributed by atoms with Gasteiger partial charge in [-0.25, -0.2) is 4.98 Å². The Morgan fingerprint density at radius 2 is 2.18 bits per heavy atom. The smallest absolute Gasteiger partial charge is 0.123 e. The van der Waals surface area contributed by atoms with E-state index in [1.807, 2.05) is 12.1 Å². The molecule has 1 aliphatic rings. The van der Waals surface area contributed by atoms with Crippen LogP contribution in [0.1, 0.15) is 44.6 Å². The van der Waals surface area contributed by atoms with Gasteiger partial charge in [0.2, 0.25) is 0 Å². The van der Waals surface area contributed by atoms with Gasteiger partial charge in [-0.3, -0.25) is 0 Å². The minimum atomic E-state index is 0.436. The van der Waals surface area contributed by atoms with Crippen LogP contribution in [0, 0.1) is 5.92 Å². The van der Waals surface area contributed by atoms with E-state index in [0.717, 1.165) is 11.5 Å². The number of rotatable bonds is 4. The first-order valence-electron chi connectivity index (χ1n) is 6.61. The van der Waals surface area contributed by atoms with E-state index >= 15 is 0 Å². The number of hydrogen-bond donors (Lipinski definition) is 1. The Labute approximate surface area is 103 Å². The summed E-state index contributed by atoms with van der Waals surface area (Å²) in [4.78, 5) is 4.08. The first kappa shape index (κ1) is 12.4. The fourth-order valence-corrected chi connectivity index (χ4v) is 2.58. The molecule has 2 atom stereocenters. The second kappa shape index (κ2) is 6.01. The molecule has 1 fully saturated rings. The molecule has 0 aliphatic heterocycles. The molecule has 0 radical (unpaired) electrons. The summed E-state index contributed by atoms with van der Waals surface area (Å²) in [6.45, 7) is 2.92. The first-order valence-corrected chi connectivity index (χ1v) is 6.61. The maximum Gasteiger partial charge on any atom is 0.123 e. The van der Waals surface area contributed by atoms with Crippen LogP contribution in [-0.4, -0.2) is 11.1 Å². The highest BCUT2D eigenvalue weighted by Crippen LogP contribution is 2.29. The van der Waals surface area contributed by atoms with Crippen molar-refractivity contribution < 1.29 is 4.74 Å². The van der Waals surface area contributed by atoms with E-state index in [0.29, 0.717) is 18.5 Å². The molecule has 17 heavy (non-hydrogen) atoms. The highest BCUT2D eigenvalue weighted by atomic mass is 16.5. The zero-order chi connectivity index (χ0) is 12.1. The van der Waals surface area contributed by atoms with Gasteiger partial charge in [0.25, 0.3) is 0 Å². The van der Waals surface area contributed by atoms with Crippen molar-refractivity contribution in [2.24, 2.45) is 5.92 Å². The SMILES string of the molecule is CCC1CCCCC1OCc1ccc(N)nc1. The van der Waals surface area contributed by atoms with Crippen molar-refractivity contribution in [3.05, 3.63) is 23.9 Å². The number of pyridine rings is 1. The van der Waals surface area contributed by atoms with Gasteiger partial charge in [-0.15, -0.1) is 0 Å². The third-order valence-electron chi connectivity index (χ3n) is 3.68. The molecule has 0 spiro atoms. The maximum atomic E-state index is 6.03. The molecule has 0 bridgehead atoms. The molecule has 0 saturated heterocycles. The van der Waals surface area contributed by atoms with Crippen LogP contribution in [0.25, 0.3) is 0 Å². The van der Waals surface area contributed by atoms with E-state index < -0.39 is 0 Å². The molecule has 1 saturated carbocycles. The first-order chi connectivity index (χ1) is 8.29. The molecular formula is C14H22N2O. The minimum Gasteiger partial charge on any atom is -0.384 e. The van der Waals surface area contributed by atoms with Crippen molar-refractivity contribution in [2.75, 3.05) is 5.73 Å². The third kappa shape index (κ3) is 3.43. The quantitative estimate of drug-likeness (QED) is 0.870. The summed E-state index contributed by atoms with van der Waals surface area (Å²) < 4.78 is 6.03. The van der Waals surface area contributed by atoms with Gasteiger partial charge in [-0.1, -0.05) is 32.3 Å². The van der Waals surface area contributed by atoms with Gasteiger partial charge < -0.3 is 10.5 Å². The standard InChI is InChI=1S/C14H22N2O/c1-2-12-5-3-4-6-13(12)17-10-11-7-8-14(15)16-9-11/h7-9,12-13H,2-6,10H2,1H3,(H2,15,16). The summed E-state index contributed by atoms with van der Waals surface area (Å²) in [5.41, 5.74) is 6.67. The van der Waals surface area contributed by atoms with Crippen molar-refractivity contribution in [1.29, 1.82) is 0 Å². The summed E-state index contributed by atoms with van der Waals surface area (Å²) in [6.07, 6.45) is 8.67. The van der Waals surface area contributed by atoms with Gasteiger partial charge in [0.15, 0.2) is 0 Å². The molecule has 1 aromatic rings. The normalized spacial score (nSPS) is 24.8. The molecule has 3 nitrogen and oxygen atoms in total. The number of nitrogen functional groups attached to an aromatic ring is 1. The molecule has 3 heteroatoms. The largest absolute Gasteiger partial charge is 0.384 e. The lowest BCUT2D eigenvalue weighted by Crippen LogP contribution is -2.27. The molecule has 1 aliphatic carbocycles. The zero-order valence-electron chi connectivity index (χ0n) is 10.6. The van der Waals surface area contributed by atoms with Crippen molar-refractivity contribution in [2.45, 2.75) is 51.7 Å². The van der Waals surface area contributed by atoms with E-state index in [9.17, 15) is 0 Å². The van der Waals surface area contributed by atoms with Crippen LogP contribution in [0.2, 0.25) is 0 Å². The molecule has 94 valence electrons. The van der Waals surface area contributed by atoms with Gasteiger partial charge in [0.1, 0.15) is 5.82 Å². The Balaban J connectivity index is 1.86. The number of nitrogens with two attached hydrogens (primary N) is 1. The van der Waals surface area contributed by atoms with Crippen molar-refractivity contribution in [1.82, 2.24) is 4.98 Å². The monoisotopic (exact) mass is 234 g/mol. The lowest BCUT2D eigenvalue weighted by Gasteiger charge is -2.30. The predicted octanol–water partition coefficient (Wildman–Crippen LogP) is 3.15. The topological polar surface area (TPSA) is 48.1 Å². The fraction of sp³-hybridized carbons (Fsp3) is 0.643. The fourth-order valence-electron chi connectivity index (χ4n) is 2.58. The Morgan fingerprint density at radius 1 is 1.35 bits per heavy atom. The Bertz CT molecular complexity index is 337. The lowest BCUT2D eigenvalue weighted by atomic mass is 9.85. The van der Waals surface area contributed by atoms with Crippen molar-refractivity contribution in [3.63, 3.8) is 0 Å². The second-order valence-corrected chi connectivity index (χ2v) is 4.89. The van der Waals surface area contributed by atoms with Crippen LogP contribution in [0.4, 0.5) is 5.82 Å². The van der Waals surface area contributed by atoms with E-state index in [2.05, 4.69) is 11.9 Å². The van der Waals surface area contributed by atoms with E-state index in [1.165, 1.54) is 32.1 Å². The maximum absolute atomic E-state index is 6.03. The number of hydrogen-bond acceptors (Lipinski definition) is 3. The molecule has 2 unspecified atom stereocenters. The Hall–Kier alpha value is -1.09. The molecule has 0 aromatic carbocycles. The van der Waals surface area contributed by atoms with Gasteiger partial charge in [0, 0.05) is 6.20 Å². The van der Waals surface area contributed by atoms with Crippen LogP contribution in [0.15, 0.2) is 18.3 Å². The Kier molecular flexibility index (Phi) is 4.37. The molecule has 1 aromatic heterocycles. The molecule has 2 N–H and O–H groups in total. The summed E-state index contributed by atoms with van der Waals surface area (Å²) in [5, 5.41) is 0. The van der Waals surface area contributed by atoms with Crippen LogP contribution < -0.4 is 5.73 Å². The van der Waals surface area contributed by atoms with E-state index in [1.54, 1.807) is 6.20 Å². The van der Waals surface area contributed by atoms with Crippen LogP contribution in [-0.2, 0) is 11.3 Å². The average molecular weight is 234 g/mol. The Morgan fingerprint density at radius 3 is 2.88 bits per heavy atom. The summed E-state index contributed by atoms with van der Waals surface area (Å²) in [7, 11) is 0. The summed E-state index contributed by atoms with van der Waals surface area (Å²) in [5.74, 6) is 1.31. The minimum absolute atomic E-state index is 0.436. The number of ether oxygens (including phenoxy) is 1. The summed E-state index contributed by atoms with van der Waals surface area (Å²) >= 11 is 0.